The van der Waals surface area contributed by atoms with Crippen molar-refractivity contribution in [3.05, 3.63) is 34.9 Å². The molecule has 0 radical (unpaired) electrons. The molecule has 1 N–H and O–H groups in total. The van der Waals surface area contributed by atoms with Crippen molar-refractivity contribution in [1.29, 1.82) is 0 Å². The van der Waals surface area contributed by atoms with Crippen molar-refractivity contribution in [3.63, 3.8) is 0 Å². The predicted octanol–water partition coefficient (Wildman–Crippen LogP) is 2.92. The lowest BCUT2D eigenvalue weighted by molar-refractivity contribution is -0.175. The van der Waals surface area contributed by atoms with Crippen LogP contribution in [0.1, 0.15) is 30.9 Å². The number of benzene rings is 1. The first-order valence-electron chi connectivity index (χ1n) is 5.92. The van der Waals surface area contributed by atoms with E-state index in [0.717, 1.165) is 31.4 Å². The van der Waals surface area contributed by atoms with Crippen LogP contribution in [0.4, 0.5) is 0 Å². The summed E-state index contributed by atoms with van der Waals surface area (Å²) < 4.78 is 11.0. The van der Waals surface area contributed by atoms with Gasteiger partial charge in [-0.2, -0.15) is 0 Å². The normalized spacial score (nSPS) is 22.4. The minimum atomic E-state index is -0.627. The van der Waals surface area contributed by atoms with Gasteiger partial charge in [0.15, 0.2) is 6.29 Å². The second-order valence-electron chi connectivity index (χ2n) is 4.20. The zero-order chi connectivity index (χ0) is 12.1. The minimum absolute atomic E-state index is 0.161. The SMILES string of the molecule is O[C@H](COC1CCCCO1)c1ccc(Cl)cc1. The fourth-order valence-corrected chi connectivity index (χ4v) is 1.95. The van der Waals surface area contributed by atoms with Crippen molar-refractivity contribution in [2.24, 2.45) is 0 Å². The zero-order valence-electron chi connectivity index (χ0n) is 9.64. The van der Waals surface area contributed by atoms with Gasteiger partial charge in [-0.25, -0.2) is 0 Å². The first-order valence-corrected chi connectivity index (χ1v) is 6.30. The number of hydrogen-bond acceptors (Lipinski definition) is 3. The van der Waals surface area contributed by atoms with Crippen molar-refractivity contribution in [2.45, 2.75) is 31.7 Å². The highest BCUT2D eigenvalue weighted by Crippen LogP contribution is 2.19. The van der Waals surface area contributed by atoms with E-state index in [1.54, 1.807) is 24.3 Å². The maximum absolute atomic E-state index is 9.92. The van der Waals surface area contributed by atoms with Gasteiger partial charge in [-0.3, -0.25) is 0 Å². The van der Waals surface area contributed by atoms with Gasteiger partial charge in [-0.1, -0.05) is 23.7 Å². The summed E-state index contributed by atoms with van der Waals surface area (Å²) in [7, 11) is 0. The van der Waals surface area contributed by atoms with Crippen LogP contribution >= 0.6 is 11.6 Å². The molecule has 1 heterocycles. The van der Waals surface area contributed by atoms with Crippen LogP contribution < -0.4 is 0 Å². The molecule has 94 valence electrons. The Kier molecular flexibility index (Phi) is 4.80. The van der Waals surface area contributed by atoms with E-state index in [1.807, 2.05) is 0 Å². The molecule has 1 unspecified atom stereocenters. The standard InChI is InChI=1S/C13H17ClO3/c14-11-6-4-10(5-7-11)12(15)9-17-13-3-1-2-8-16-13/h4-7,12-13,15H,1-3,8-9H2/t12-,13?/m1/s1. The summed E-state index contributed by atoms with van der Waals surface area (Å²) in [6, 6.07) is 7.13. The topological polar surface area (TPSA) is 38.7 Å². The van der Waals surface area contributed by atoms with Crippen molar-refractivity contribution < 1.29 is 14.6 Å². The van der Waals surface area contributed by atoms with Crippen LogP contribution in [0.5, 0.6) is 0 Å². The summed E-state index contributed by atoms with van der Waals surface area (Å²) in [5.41, 5.74) is 0.810. The Morgan fingerprint density at radius 1 is 1.35 bits per heavy atom. The van der Waals surface area contributed by atoms with Gasteiger partial charge in [0.25, 0.3) is 0 Å². The van der Waals surface area contributed by atoms with E-state index in [1.165, 1.54) is 0 Å². The van der Waals surface area contributed by atoms with Gasteiger partial charge in [0.05, 0.1) is 6.61 Å². The number of hydrogen-bond donors (Lipinski definition) is 1. The molecular formula is C13H17ClO3. The summed E-state index contributed by atoms with van der Waals surface area (Å²) in [6.07, 6.45) is 2.35. The summed E-state index contributed by atoms with van der Waals surface area (Å²) >= 11 is 5.78. The third-order valence-corrected chi connectivity index (χ3v) is 3.08. The Morgan fingerprint density at radius 3 is 2.76 bits per heavy atom. The van der Waals surface area contributed by atoms with Crippen molar-refractivity contribution in [1.82, 2.24) is 0 Å². The molecule has 0 bridgehead atoms. The first-order chi connectivity index (χ1) is 8.25. The average Bonchev–Trinajstić information content (AvgIpc) is 2.38. The Morgan fingerprint density at radius 2 is 2.12 bits per heavy atom. The minimum Gasteiger partial charge on any atom is -0.386 e. The highest BCUT2D eigenvalue weighted by Gasteiger charge is 2.16. The summed E-state index contributed by atoms with van der Waals surface area (Å²) in [5.74, 6) is 0. The van der Waals surface area contributed by atoms with Crippen LogP contribution in [0.3, 0.4) is 0 Å². The molecule has 1 aromatic rings. The predicted molar refractivity (Wildman–Crippen MR) is 66.0 cm³/mol. The van der Waals surface area contributed by atoms with E-state index in [0.29, 0.717) is 5.02 Å². The van der Waals surface area contributed by atoms with Gasteiger partial charge < -0.3 is 14.6 Å². The molecule has 17 heavy (non-hydrogen) atoms. The maximum Gasteiger partial charge on any atom is 0.157 e. The Labute approximate surface area is 106 Å². The van der Waals surface area contributed by atoms with Crippen molar-refractivity contribution in [2.75, 3.05) is 13.2 Å². The molecular weight excluding hydrogens is 240 g/mol. The Bertz CT molecular complexity index is 333. The molecule has 3 nitrogen and oxygen atoms in total. The fourth-order valence-electron chi connectivity index (χ4n) is 1.82. The first kappa shape index (κ1) is 12.8. The lowest BCUT2D eigenvalue weighted by atomic mass is 10.1. The molecule has 4 heteroatoms. The highest BCUT2D eigenvalue weighted by atomic mass is 35.5. The molecule has 1 aliphatic heterocycles. The largest absolute Gasteiger partial charge is 0.386 e. The lowest BCUT2D eigenvalue weighted by Crippen LogP contribution is -2.24. The van der Waals surface area contributed by atoms with E-state index in [4.69, 9.17) is 21.1 Å². The molecule has 1 saturated heterocycles. The van der Waals surface area contributed by atoms with E-state index >= 15 is 0 Å². The molecule has 1 aromatic carbocycles. The lowest BCUT2D eigenvalue weighted by Gasteiger charge is -2.24. The van der Waals surface area contributed by atoms with Gasteiger partial charge >= 0.3 is 0 Å². The van der Waals surface area contributed by atoms with Crippen LogP contribution in [0.2, 0.25) is 5.02 Å². The monoisotopic (exact) mass is 256 g/mol. The van der Waals surface area contributed by atoms with Crippen molar-refractivity contribution >= 4 is 11.6 Å². The summed E-state index contributed by atoms with van der Waals surface area (Å²) in [5, 5.41) is 10.6. The number of rotatable bonds is 4. The van der Waals surface area contributed by atoms with Gasteiger partial charge in [0.2, 0.25) is 0 Å². The van der Waals surface area contributed by atoms with E-state index < -0.39 is 6.10 Å². The molecule has 1 fully saturated rings. The van der Waals surface area contributed by atoms with E-state index in [9.17, 15) is 5.11 Å². The van der Waals surface area contributed by atoms with Crippen LogP contribution in [0.25, 0.3) is 0 Å². The number of aliphatic hydroxyl groups is 1. The van der Waals surface area contributed by atoms with Crippen LogP contribution in [-0.4, -0.2) is 24.6 Å². The fraction of sp³-hybridized carbons (Fsp3) is 0.538. The number of aliphatic hydroxyl groups excluding tert-OH is 1. The summed E-state index contributed by atoms with van der Waals surface area (Å²) in [4.78, 5) is 0. The van der Waals surface area contributed by atoms with Gasteiger partial charge in [-0.15, -0.1) is 0 Å². The van der Waals surface area contributed by atoms with Crippen LogP contribution in [-0.2, 0) is 9.47 Å². The molecule has 0 aromatic heterocycles. The molecule has 2 atom stereocenters. The van der Waals surface area contributed by atoms with Gasteiger partial charge in [0.1, 0.15) is 6.10 Å². The third-order valence-electron chi connectivity index (χ3n) is 2.83. The molecule has 0 spiro atoms. The zero-order valence-corrected chi connectivity index (χ0v) is 10.4. The molecule has 1 aliphatic rings. The number of ether oxygens (including phenoxy) is 2. The molecule has 2 rings (SSSR count). The summed E-state index contributed by atoms with van der Waals surface area (Å²) in [6.45, 7) is 1.01. The quantitative estimate of drug-likeness (QED) is 0.900. The molecule has 0 amide bonds. The molecule has 0 aliphatic carbocycles. The number of halogens is 1. The van der Waals surface area contributed by atoms with Gasteiger partial charge in [-0.05, 0) is 37.0 Å². The second-order valence-corrected chi connectivity index (χ2v) is 4.63. The highest BCUT2D eigenvalue weighted by molar-refractivity contribution is 6.30. The Hall–Kier alpha value is -0.610. The van der Waals surface area contributed by atoms with Crippen molar-refractivity contribution in [3.8, 4) is 0 Å². The van der Waals surface area contributed by atoms with E-state index in [2.05, 4.69) is 0 Å². The maximum atomic E-state index is 9.92. The van der Waals surface area contributed by atoms with Crippen LogP contribution in [0, 0.1) is 0 Å². The average molecular weight is 257 g/mol. The van der Waals surface area contributed by atoms with E-state index in [-0.39, 0.29) is 12.9 Å². The van der Waals surface area contributed by atoms with Crippen LogP contribution in [0.15, 0.2) is 24.3 Å². The smallest absolute Gasteiger partial charge is 0.157 e. The third kappa shape index (κ3) is 3.96. The van der Waals surface area contributed by atoms with Gasteiger partial charge in [0, 0.05) is 11.6 Å². The Balaban J connectivity index is 1.80. The molecule has 0 saturated carbocycles. The second kappa shape index (κ2) is 6.36.